The van der Waals surface area contributed by atoms with Crippen LogP contribution in [0, 0.1) is 5.82 Å². The number of benzene rings is 2. The monoisotopic (exact) mass is 287 g/mol. The number of nitrogens with two attached hydrogens (primary N) is 1. The molecule has 0 radical (unpaired) electrons. The highest BCUT2D eigenvalue weighted by atomic mass is 19.1. The molecule has 0 aliphatic rings. The van der Waals surface area contributed by atoms with Gasteiger partial charge in [-0.25, -0.2) is 4.39 Å². The lowest BCUT2D eigenvalue weighted by Crippen LogP contribution is -2.26. The van der Waals surface area contributed by atoms with E-state index in [1.54, 1.807) is 37.4 Å². The first-order chi connectivity index (χ1) is 9.90. The lowest BCUT2D eigenvalue weighted by molar-refractivity contribution is 0.0993. The van der Waals surface area contributed by atoms with Gasteiger partial charge >= 0.3 is 0 Å². The standard InChI is InChI=1S/C16H18FN3O/c1-19(2)15-9-4-11(10-14(15)18)16(21)20(3)13-7-5-12(17)6-8-13/h4-10H,18H2,1-3H3. The summed E-state index contributed by atoms with van der Waals surface area (Å²) in [5, 5.41) is 0. The Hall–Kier alpha value is -2.56. The van der Waals surface area contributed by atoms with E-state index >= 15 is 0 Å². The van der Waals surface area contributed by atoms with E-state index in [-0.39, 0.29) is 11.7 Å². The van der Waals surface area contributed by atoms with E-state index < -0.39 is 0 Å². The van der Waals surface area contributed by atoms with Gasteiger partial charge in [0.1, 0.15) is 5.82 Å². The fourth-order valence-corrected chi connectivity index (χ4v) is 2.07. The Labute approximate surface area is 123 Å². The zero-order valence-electron chi connectivity index (χ0n) is 12.3. The lowest BCUT2D eigenvalue weighted by atomic mass is 10.1. The molecule has 0 saturated carbocycles. The molecule has 2 aromatic rings. The van der Waals surface area contributed by atoms with Crippen molar-refractivity contribution in [2.45, 2.75) is 0 Å². The van der Waals surface area contributed by atoms with Crippen molar-refractivity contribution in [3.8, 4) is 0 Å². The first-order valence-corrected chi connectivity index (χ1v) is 6.50. The van der Waals surface area contributed by atoms with Crippen LogP contribution in [0.2, 0.25) is 0 Å². The third-order valence-corrected chi connectivity index (χ3v) is 3.27. The number of rotatable bonds is 3. The Morgan fingerprint density at radius 1 is 1.05 bits per heavy atom. The Morgan fingerprint density at radius 2 is 1.67 bits per heavy atom. The van der Waals surface area contributed by atoms with Crippen LogP contribution in [0.1, 0.15) is 10.4 Å². The highest BCUT2D eigenvalue weighted by Crippen LogP contribution is 2.24. The van der Waals surface area contributed by atoms with Gasteiger partial charge in [0, 0.05) is 32.4 Å². The molecule has 2 aromatic carbocycles. The molecule has 0 saturated heterocycles. The highest BCUT2D eigenvalue weighted by molar-refractivity contribution is 6.06. The van der Waals surface area contributed by atoms with Crippen LogP contribution in [0.15, 0.2) is 42.5 Å². The number of nitrogen functional groups attached to an aromatic ring is 1. The van der Waals surface area contributed by atoms with E-state index in [4.69, 9.17) is 5.73 Å². The van der Waals surface area contributed by atoms with Gasteiger partial charge in [-0.2, -0.15) is 0 Å². The summed E-state index contributed by atoms with van der Waals surface area (Å²) >= 11 is 0. The predicted molar refractivity (Wildman–Crippen MR) is 84.3 cm³/mol. The van der Waals surface area contributed by atoms with E-state index in [0.29, 0.717) is 16.9 Å². The summed E-state index contributed by atoms with van der Waals surface area (Å²) in [6, 6.07) is 11.0. The van der Waals surface area contributed by atoms with Gasteiger partial charge in [0.15, 0.2) is 0 Å². The molecule has 0 unspecified atom stereocenters. The highest BCUT2D eigenvalue weighted by Gasteiger charge is 2.15. The summed E-state index contributed by atoms with van der Waals surface area (Å²) in [7, 11) is 5.42. The maximum atomic E-state index is 12.9. The summed E-state index contributed by atoms with van der Waals surface area (Å²) in [6.45, 7) is 0. The Kier molecular flexibility index (Phi) is 4.12. The van der Waals surface area contributed by atoms with Crippen LogP contribution in [0.25, 0.3) is 0 Å². The molecule has 0 bridgehead atoms. The third kappa shape index (κ3) is 3.13. The van der Waals surface area contributed by atoms with Crippen molar-refractivity contribution in [2.24, 2.45) is 0 Å². The Bertz CT molecular complexity index is 653. The van der Waals surface area contributed by atoms with Gasteiger partial charge in [0.25, 0.3) is 5.91 Å². The van der Waals surface area contributed by atoms with Gasteiger partial charge in [-0.15, -0.1) is 0 Å². The number of carbonyl (C=O) groups is 1. The minimum absolute atomic E-state index is 0.196. The molecule has 0 spiro atoms. The number of nitrogens with zero attached hydrogens (tertiary/aromatic N) is 2. The minimum atomic E-state index is -0.334. The number of carbonyl (C=O) groups excluding carboxylic acids is 1. The second kappa shape index (κ2) is 5.83. The molecule has 0 aliphatic carbocycles. The smallest absolute Gasteiger partial charge is 0.258 e. The van der Waals surface area contributed by atoms with Crippen LogP contribution in [0.4, 0.5) is 21.5 Å². The van der Waals surface area contributed by atoms with Crippen molar-refractivity contribution in [3.05, 3.63) is 53.8 Å². The number of halogens is 1. The van der Waals surface area contributed by atoms with E-state index in [1.807, 2.05) is 19.0 Å². The molecular weight excluding hydrogens is 269 g/mol. The summed E-state index contributed by atoms with van der Waals surface area (Å²) < 4.78 is 12.9. The van der Waals surface area contributed by atoms with Gasteiger partial charge in [-0.3, -0.25) is 4.79 Å². The second-order valence-electron chi connectivity index (χ2n) is 5.01. The van der Waals surface area contributed by atoms with Crippen LogP contribution in [-0.4, -0.2) is 27.1 Å². The predicted octanol–water partition coefficient (Wildman–Crippen LogP) is 2.75. The molecule has 2 rings (SSSR count). The number of hydrogen-bond acceptors (Lipinski definition) is 3. The Morgan fingerprint density at radius 3 is 2.19 bits per heavy atom. The zero-order chi connectivity index (χ0) is 15.6. The van der Waals surface area contributed by atoms with Gasteiger partial charge < -0.3 is 15.5 Å². The van der Waals surface area contributed by atoms with Crippen molar-refractivity contribution in [3.63, 3.8) is 0 Å². The van der Waals surface area contributed by atoms with Crippen molar-refractivity contribution in [1.29, 1.82) is 0 Å². The van der Waals surface area contributed by atoms with Crippen LogP contribution < -0.4 is 15.5 Å². The summed E-state index contributed by atoms with van der Waals surface area (Å²) in [5.74, 6) is -0.530. The average Bonchev–Trinajstić information content (AvgIpc) is 2.46. The molecule has 0 heterocycles. The van der Waals surface area contributed by atoms with E-state index in [0.717, 1.165) is 5.69 Å². The summed E-state index contributed by atoms with van der Waals surface area (Å²) in [5.41, 5.74) is 8.47. The summed E-state index contributed by atoms with van der Waals surface area (Å²) in [4.78, 5) is 15.8. The molecule has 1 amide bonds. The minimum Gasteiger partial charge on any atom is -0.397 e. The third-order valence-electron chi connectivity index (χ3n) is 3.27. The summed E-state index contributed by atoms with van der Waals surface area (Å²) in [6.07, 6.45) is 0. The normalized spacial score (nSPS) is 10.3. The molecule has 2 N–H and O–H groups in total. The van der Waals surface area contributed by atoms with Gasteiger partial charge in [0.05, 0.1) is 11.4 Å². The van der Waals surface area contributed by atoms with E-state index in [9.17, 15) is 9.18 Å². The topological polar surface area (TPSA) is 49.6 Å². The van der Waals surface area contributed by atoms with Crippen LogP contribution in [0.3, 0.4) is 0 Å². The molecule has 0 atom stereocenters. The molecule has 21 heavy (non-hydrogen) atoms. The van der Waals surface area contributed by atoms with Gasteiger partial charge in [-0.05, 0) is 42.5 Å². The molecule has 110 valence electrons. The quantitative estimate of drug-likeness (QED) is 0.883. The maximum absolute atomic E-state index is 12.9. The van der Waals surface area contributed by atoms with E-state index in [1.165, 1.54) is 17.0 Å². The fourth-order valence-electron chi connectivity index (χ4n) is 2.07. The lowest BCUT2D eigenvalue weighted by Gasteiger charge is -2.19. The van der Waals surface area contributed by atoms with Crippen molar-refractivity contribution in [2.75, 3.05) is 36.7 Å². The molecule has 4 nitrogen and oxygen atoms in total. The largest absolute Gasteiger partial charge is 0.397 e. The molecule has 0 aromatic heterocycles. The van der Waals surface area contributed by atoms with Crippen molar-refractivity contribution < 1.29 is 9.18 Å². The number of anilines is 3. The molecular formula is C16H18FN3O. The second-order valence-corrected chi connectivity index (χ2v) is 5.01. The average molecular weight is 287 g/mol. The van der Waals surface area contributed by atoms with E-state index in [2.05, 4.69) is 0 Å². The maximum Gasteiger partial charge on any atom is 0.258 e. The SMILES string of the molecule is CN(C)c1ccc(C(=O)N(C)c2ccc(F)cc2)cc1N. The number of amides is 1. The van der Waals surface area contributed by atoms with Gasteiger partial charge in [0.2, 0.25) is 0 Å². The van der Waals surface area contributed by atoms with Crippen molar-refractivity contribution >= 4 is 23.0 Å². The molecule has 5 heteroatoms. The first kappa shape index (κ1) is 14.8. The van der Waals surface area contributed by atoms with Gasteiger partial charge in [-0.1, -0.05) is 0 Å². The number of hydrogen-bond donors (Lipinski definition) is 1. The molecule has 0 aliphatic heterocycles. The molecule has 0 fully saturated rings. The zero-order valence-corrected chi connectivity index (χ0v) is 12.3. The van der Waals surface area contributed by atoms with Crippen LogP contribution in [-0.2, 0) is 0 Å². The van der Waals surface area contributed by atoms with Crippen LogP contribution in [0.5, 0.6) is 0 Å². The fraction of sp³-hybridized carbons (Fsp3) is 0.188. The van der Waals surface area contributed by atoms with Crippen LogP contribution >= 0.6 is 0 Å². The first-order valence-electron chi connectivity index (χ1n) is 6.50. The van der Waals surface area contributed by atoms with Crippen molar-refractivity contribution in [1.82, 2.24) is 0 Å². The Balaban J connectivity index is 2.27.